The van der Waals surface area contributed by atoms with Crippen LogP contribution in [0.1, 0.15) is 34.8 Å². The highest BCUT2D eigenvalue weighted by Crippen LogP contribution is 2.28. The number of hydrogen-bond donors (Lipinski definition) is 0. The Bertz CT molecular complexity index is 1010. The Balaban J connectivity index is 1.56. The molecule has 0 bridgehead atoms. The third kappa shape index (κ3) is 3.76. The van der Waals surface area contributed by atoms with E-state index in [1.165, 1.54) is 24.3 Å². The first-order valence-electron chi connectivity index (χ1n) is 9.24. The Morgan fingerprint density at radius 3 is 2.75 bits per heavy atom. The number of carbonyl (C=O) groups excluding carboxylic acids is 1. The topological polar surface area (TPSA) is 46.1 Å². The number of halogens is 2. The predicted molar refractivity (Wildman–Crippen MR) is 102 cm³/mol. The van der Waals surface area contributed by atoms with E-state index in [4.69, 9.17) is 0 Å². The van der Waals surface area contributed by atoms with Crippen molar-refractivity contribution in [3.05, 3.63) is 83.7 Å². The summed E-state index contributed by atoms with van der Waals surface area (Å²) in [6, 6.07) is 14.0. The summed E-state index contributed by atoms with van der Waals surface area (Å²) in [5, 5.41) is 0. The van der Waals surface area contributed by atoms with Crippen LogP contribution >= 0.6 is 0 Å². The van der Waals surface area contributed by atoms with Crippen LogP contribution in [0.25, 0.3) is 11.4 Å². The molecule has 0 spiro atoms. The molecule has 1 aliphatic heterocycles. The van der Waals surface area contributed by atoms with Gasteiger partial charge in [-0.25, -0.2) is 18.7 Å². The second-order valence-electron chi connectivity index (χ2n) is 6.89. The number of nitrogens with zero attached hydrogens (tertiary/aromatic N) is 3. The predicted octanol–water partition coefficient (Wildman–Crippen LogP) is 4.44. The molecular weight excluding hydrogens is 360 g/mol. The van der Waals surface area contributed by atoms with Gasteiger partial charge in [0.2, 0.25) is 0 Å². The van der Waals surface area contributed by atoms with Crippen LogP contribution in [0.4, 0.5) is 8.78 Å². The van der Waals surface area contributed by atoms with Crippen molar-refractivity contribution < 1.29 is 13.6 Å². The zero-order valence-corrected chi connectivity index (χ0v) is 15.2. The third-order valence-corrected chi connectivity index (χ3v) is 4.99. The van der Waals surface area contributed by atoms with Crippen molar-refractivity contribution in [3.63, 3.8) is 0 Å². The van der Waals surface area contributed by atoms with Crippen molar-refractivity contribution in [1.82, 2.24) is 14.9 Å². The van der Waals surface area contributed by atoms with Gasteiger partial charge in [-0.3, -0.25) is 4.79 Å². The van der Waals surface area contributed by atoms with Gasteiger partial charge in [-0.1, -0.05) is 24.3 Å². The number of piperidine rings is 1. The molecule has 1 aliphatic rings. The minimum Gasteiger partial charge on any atom is -0.338 e. The zero-order chi connectivity index (χ0) is 19.5. The summed E-state index contributed by atoms with van der Waals surface area (Å²) >= 11 is 0. The maximum atomic E-state index is 14.0. The first-order chi connectivity index (χ1) is 13.6. The molecule has 4 nitrogen and oxygen atoms in total. The maximum absolute atomic E-state index is 14.0. The van der Waals surface area contributed by atoms with Gasteiger partial charge in [0, 0.05) is 36.5 Å². The second kappa shape index (κ2) is 7.84. The number of benzene rings is 2. The molecule has 28 heavy (non-hydrogen) atoms. The lowest BCUT2D eigenvalue weighted by atomic mass is 9.94. The number of hydrogen-bond acceptors (Lipinski definition) is 3. The molecule has 1 fully saturated rings. The molecule has 142 valence electrons. The Kier molecular flexibility index (Phi) is 5.10. The summed E-state index contributed by atoms with van der Waals surface area (Å²) in [7, 11) is 0. The van der Waals surface area contributed by atoms with Crippen LogP contribution < -0.4 is 0 Å². The van der Waals surface area contributed by atoms with Crippen molar-refractivity contribution in [2.45, 2.75) is 18.8 Å². The molecule has 1 aromatic heterocycles. The van der Waals surface area contributed by atoms with Crippen LogP contribution in [0.3, 0.4) is 0 Å². The fourth-order valence-electron chi connectivity index (χ4n) is 3.57. The minimum atomic E-state index is -0.509. The molecule has 3 aromatic rings. The third-order valence-electron chi connectivity index (χ3n) is 4.99. The molecule has 1 amide bonds. The van der Waals surface area contributed by atoms with Gasteiger partial charge in [0.25, 0.3) is 5.91 Å². The van der Waals surface area contributed by atoms with E-state index in [1.807, 2.05) is 6.07 Å². The molecule has 0 aliphatic carbocycles. The highest BCUT2D eigenvalue weighted by Gasteiger charge is 2.27. The first kappa shape index (κ1) is 18.2. The van der Waals surface area contributed by atoms with Crippen LogP contribution in [-0.2, 0) is 0 Å². The molecule has 0 saturated carbocycles. The van der Waals surface area contributed by atoms with E-state index in [-0.39, 0.29) is 23.2 Å². The van der Waals surface area contributed by atoms with Crippen LogP contribution in [0.5, 0.6) is 0 Å². The van der Waals surface area contributed by atoms with Crippen molar-refractivity contribution in [2.24, 2.45) is 0 Å². The molecule has 0 N–H and O–H groups in total. The smallest absolute Gasteiger partial charge is 0.256 e. The SMILES string of the molecule is O=C(c1ccccc1F)N1CCCC(c2ccnc(-c3cccc(F)c3)n2)C1. The fourth-order valence-corrected chi connectivity index (χ4v) is 3.57. The number of carbonyl (C=O) groups is 1. The Labute approximate surface area is 161 Å². The summed E-state index contributed by atoms with van der Waals surface area (Å²) < 4.78 is 27.5. The molecule has 4 rings (SSSR count). The number of rotatable bonds is 3. The number of aromatic nitrogens is 2. The zero-order valence-electron chi connectivity index (χ0n) is 15.2. The van der Waals surface area contributed by atoms with E-state index in [1.54, 1.807) is 35.4 Å². The Morgan fingerprint density at radius 2 is 1.93 bits per heavy atom. The molecule has 2 heterocycles. The van der Waals surface area contributed by atoms with E-state index < -0.39 is 5.82 Å². The van der Waals surface area contributed by atoms with Crippen molar-refractivity contribution in [3.8, 4) is 11.4 Å². The molecule has 6 heteroatoms. The molecular formula is C22H19F2N3O. The average Bonchev–Trinajstić information content (AvgIpc) is 2.74. The second-order valence-corrected chi connectivity index (χ2v) is 6.89. The largest absolute Gasteiger partial charge is 0.338 e. The van der Waals surface area contributed by atoms with Crippen molar-refractivity contribution in [2.75, 3.05) is 13.1 Å². The van der Waals surface area contributed by atoms with E-state index in [2.05, 4.69) is 9.97 Å². The molecule has 1 atom stereocenters. The van der Waals surface area contributed by atoms with Gasteiger partial charge >= 0.3 is 0 Å². The summed E-state index contributed by atoms with van der Waals surface area (Å²) in [5.41, 5.74) is 1.50. The van der Waals surface area contributed by atoms with Gasteiger partial charge in [0.05, 0.1) is 5.56 Å². The average molecular weight is 379 g/mol. The van der Waals surface area contributed by atoms with Gasteiger partial charge in [-0.15, -0.1) is 0 Å². The molecule has 0 radical (unpaired) electrons. The summed E-state index contributed by atoms with van der Waals surface area (Å²) in [6.45, 7) is 1.05. The standard InChI is InChI=1S/C22H19F2N3O/c23-17-7-3-5-15(13-17)21-25-11-10-20(26-21)16-6-4-12-27(14-16)22(28)18-8-1-2-9-19(18)24/h1-3,5,7-11,13,16H,4,6,12,14H2. The molecule has 2 aromatic carbocycles. The van der Waals surface area contributed by atoms with Crippen molar-refractivity contribution >= 4 is 5.91 Å². The van der Waals surface area contributed by atoms with Crippen molar-refractivity contribution in [1.29, 1.82) is 0 Å². The van der Waals surface area contributed by atoms with E-state index in [0.717, 1.165) is 18.5 Å². The Hall–Kier alpha value is -3.15. The van der Waals surface area contributed by atoms with E-state index in [9.17, 15) is 13.6 Å². The van der Waals surface area contributed by atoms with Gasteiger partial charge in [0.15, 0.2) is 5.82 Å². The van der Waals surface area contributed by atoms with Gasteiger partial charge in [0.1, 0.15) is 11.6 Å². The van der Waals surface area contributed by atoms with Gasteiger partial charge in [-0.05, 0) is 43.2 Å². The van der Waals surface area contributed by atoms with E-state index in [0.29, 0.717) is 24.5 Å². The highest BCUT2D eigenvalue weighted by atomic mass is 19.1. The van der Waals surface area contributed by atoms with Gasteiger partial charge < -0.3 is 4.90 Å². The first-order valence-corrected chi connectivity index (χ1v) is 9.24. The molecule has 1 unspecified atom stereocenters. The van der Waals surface area contributed by atoms with Crippen LogP contribution in [-0.4, -0.2) is 33.9 Å². The lowest BCUT2D eigenvalue weighted by Gasteiger charge is -2.32. The normalized spacial score (nSPS) is 16.8. The van der Waals surface area contributed by atoms with Crippen LogP contribution in [0.2, 0.25) is 0 Å². The monoisotopic (exact) mass is 379 g/mol. The maximum Gasteiger partial charge on any atom is 0.256 e. The van der Waals surface area contributed by atoms with Gasteiger partial charge in [-0.2, -0.15) is 0 Å². The number of likely N-dealkylation sites (tertiary alicyclic amines) is 1. The number of amides is 1. The lowest BCUT2D eigenvalue weighted by molar-refractivity contribution is 0.0701. The Morgan fingerprint density at radius 1 is 1.07 bits per heavy atom. The van der Waals surface area contributed by atoms with Crippen LogP contribution in [0, 0.1) is 11.6 Å². The van der Waals surface area contributed by atoms with E-state index >= 15 is 0 Å². The summed E-state index contributed by atoms with van der Waals surface area (Å²) in [5.74, 6) is -0.674. The lowest BCUT2D eigenvalue weighted by Crippen LogP contribution is -2.39. The quantitative estimate of drug-likeness (QED) is 0.676. The van der Waals surface area contributed by atoms with Crippen LogP contribution in [0.15, 0.2) is 60.8 Å². The minimum absolute atomic E-state index is 0.0276. The highest BCUT2D eigenvalue weighted by molar-refractivity contribution is 5.94. The summed E-state index contributed by atoms with van der Waals surface area (Å²) in [4.78, 5) is 23.3. The molecule has 1 saturated heterocycles. The fraction of sp³-hybridized carbons (Fsp3) is 0.227. The summed E-state index contributed by atoms with van der Waals surface area (Å²) in [6.07, 6.45) is 3.34.